The summed E-state index contributed by atoms with van der Waals surface area (Å²) in [5.74, 6) is 0. The van der Waals surface area contributed by atoms with Crippen LogP contribution in [-0.2, 0) is 19.3 Å². The maximum Gasteiger partial charge on any atom is 0.319 e. The number of aryl methyl sites for hydroxylation is 1. The number of anilines is 1. The lowest BCUT2D eigenvalue weighted by Crippen LogP contribution is -2.31. The molecule has 1 aliphatic rings. The first kappa shape index (κ1) is 16.8. The molecule has 0 fully saturated rings. The molecule has 2 aromatic rings. The number of carbonyl (C=O) groups excluding carboxylic acids is 1. The standard InChI is InChI=1S/C19H21ClN2O2/c20-15-7-4-13(5-8-15)10-11-21-19(24)22-18-3-1-2-14-6-9-16(23)12-17(14)18/h1-5,7-8,16,23H,6,9-12H2,(H2,21,22,24)/t16-/m1/s1. The first-order valence-electron chi connectivity index (χ1n) is 8.20. The number of rotatable bonds is 4. The van der Waals surface area contributed by atoms with E-state index in [4.69, 9.17) is 11.6 Å². The highest BCUT2D eigenvalue weighted by molar-refractivity contribution is 6.30. The number of benzene rings is 2. The molecule has 0 aromatic heterocycles. The van der Waals surface area contributed by atoms with Gasteiger partial charge in [0.2, 0.25) is 0 Å². The van der Waals surface area contributed by atoms with Crippen LogP contribution in [0.2, 0.25) is 5.02 Å². The lowest BCUT2D eigenvalue weighted by molar-refractivity contribution is 0.159. The van der Waals surface area contributed by atoms with Crippen molar-refractivity contribution >= 4 is 23.3 Å². The van der Waals surface area contributed by atoms with Gasteiger partial charge in [-0.2, -0.15) is 0 Å². The van der Waals surface area contributed by atoms with E-state index < -0.39 is 0 Å². The van der Waals surface area contributed by atoms with E-state index in [1.165, 1.54) is 5.56 Å². The highest BCUT2D eigenvalue weighted by atomic mass is 35.5. The monoisotopic (exact) mass is 344 g/mol. The Bertz CT molecular complexity index is 716. The van der Waals surface area contributed by atoms with Crippen LogP contribution in [0.5, 0.6) is 0 Å². The van der Waals surface area contributed by atoms with E-state index >= 15 is 0 Å². The van der Waals surface area contributed by atoms with Crippen LogP contribution in [0, 0.1) is 0 Å². The number of urea groups is 1. The Balaban J connectivity index is 1.54. The third kappa shape index (κ3) is 4.28. The zero-order valence-corrected chi connectivity index (χ0v) is 14.1. The number of amides is 2. The molecular formula is C19H21ClN2O2. The third-order valence-corrected chi connectivity index (χ3v) is 4.57. The fourth-order valence-corrected chi connectivity index (χ4v) is 3.15. The van der Waals surface area contributed by atoms with E-state index in [0.717, 1.165) is 36.1 Å². The summed E-state index contributed by atoms with van der Waals surface area (Å²) in [5, 5.41) is 16.3. The summed E-state index contributed by atoms with van der Waals surface area (Å²) in [6.07, 6.45) is 2.65. The van der Waals surface area contributed by atoms with Gasteiger partial charge >= 0.3 is 6.03 Å². The van der Waals surface area contributed by atoms with Gasteiger partial charge in [0.25, 0.3) is 0 Å². The molecular weight excluding hydrogens is 324 g/mol. The van der Waals surface area contributed by atoms with Gasteiger partial charge in [-0.05, 0) is 54.2 Å². The second-order valence-corrected chi connectivity index (χ2v) is 6.53. The largest absolute Gasteiger partial charge is 0.393 e. The van der Waals surface area contributed by atoms with Crippen LogP contribution in [-0.4, -0.2) is 23.8 Å². The topological polar surface area (TPSA) is 61.4 Å². The molecule has 126 valence electrons. The van der Waals surface area contributed by atoms with Crippen LogP contribution in [0.3, 0.4) is 0 Å². The number of aliphatic hydroxyl groups is 1. The molecule has 0 bridgehead atoms. The van der Waals surface area contributed by atoms with Crippen molar-refractivity contribution in [1.29, 1.82) is 0 Å². The quantitative estimate of drug-likeness (QED) is 0.794. The van der Waals surface area contributed by atoms with Crippen LogP contribution in [0.15, 0.2) is 42.5 Å². The summed E-state index contributed by atoms with van der Waals surface area (Å²) in [6, 6.07) is 13.3. The summed E-state index contributed by atoms with van der Waals surface area (Å²) in [7, 11) is 0. The maximum absolute atomic E-state index is 12.1. The number of nitrogens with one attached hydrogen (secondary N) is 2. The van der Waals surface area contributed by atoms with Crippen LogP contribution in [0.25, 0.3) is 0 Å². The van der Waals surface area contributed by atoms with Crippen molar-refractivity contribution in [3.8, 4) is 0 Å². The second-order valence-electron chi connectivity index (χ2n) is 6.10. The van der Waals surface area contributed by atoms with Gasteiger partial charge in [-0.1, -0.05) is 35.9 Å². The molecule has 1 atom stereocenters. The molecule has 0 saturated heterocycles. The fourth-order valence-electron chi connectivity index (χ4n) is 3.02. The second kappa shape index (κ2) is 7.69. The Morgan fingerprint density at radius 2 is 2.00 bits per heavy atom. The Morgan fingerprint density at radius 3 is 2.79 bits per heavy atom. The highest BCUT2D eigenvalue weighted by Gasteiger charge is 2.19. The first-order valence-corrected chi connectivity index (χ1v) is 8.58. The molecule has 2 aromatic carbocycles. The molecule has 2 amide bonds. The average Bonchev–Trinajstić information content (AvgIpc) is 2.57. The van der Waals surface area contributed by atoms with E-state index in [1.807, 2.05) is 36.4 Å². The molecule has 0 saturated carbocycles. The minimum Gasteiger partial charge on any atom is -0.393 e. The molecule has 5 heteroatoms. The summed E-state index contributed by atoms with van der Waals surface area (Å²) < 4.78 is 0. The molecule has 4 nitrogen and oxygen atoms in total. The van der Waals surface area contributed by atoms with E-state index in [9.17, 15) is 9.90 Å². The molecule has 0 unspecified atom stereocenters. The van der Waals surface area contributed by atoms with Crippen molar-refractivity contribution in [2.45, 2.75) is 31.8 Å². The van der Waals surface area contributed by atoms with E-state index in [1.54, 1.807) is 0 Å². The van der Waals surface area contributed by atoms with Crippen LogP contribution >= 0.6 is 11.6 Å². The number of hydrogen-bond donors (Lipinski definition) is 3. The van der Waals surface area contributed by atoms with Crippen molar-refractivity contribution in [1.82, 2.24) is 5.32 Å². The zero-order valence-electron chi connectivity index (χ0n) is 13.4. The number of halogens is 1. The minimum atomic E-state index is -0.326. The van der Waals surface area contributed by atoms with Gasteiger partial charge in [-0.25, -0.2) is 4.79 Å². The number of fused-ring (bicyclic) bond motifs is 1. The van der Waals surface area contributed by atoms with E-state index in [2.05, 4.69) is 16.7 Å². The van der Waals surface area contributed by atoms with Gasteiger partial charge in [-0.3, -0.25) is 0 Å². The smallest absolute Gasteiger partial charge is 0.319 e. The molecule has 3 N–H and O–H groups in total. The van der Waals surface area contributed by atoms with Gasteiger partial charge < -0.3 is 15.7 Å². The molecule has 1 aliphatic carbocycles. The zero-order chi connectivity index (χ0) is 16.9. The van der Waals surface area contributed by atoms with Crippen molar-refractivity contribution < 1.29 is 9.90 Å². The number of aliphatic hydroxyl groups excluding tert-OH is 1. The normalized spacial score (nSPS) is 16.3. The summed E-state index contributed by atoms with van der Waals surface area (Å²) in [4.78, 5) is 12.1. The molecule has 0 heterocycles. The van der Waals surface area contributed by atoms with Crippen LogP contribution in [0.4, 0.5) is 10.5 Å². The molecule has 0 radical (unpaired) electrons. The Kier molecular flexibility index (Phi) is 5.38. The lowest BCUT2D eigenvalue weighted by atomic mass is 9.88. The molecule has 0 aliphatic heterocycles. The van der Waals surface area contributed by atoms with Gasteiger partial charge in [0, 0.05) is 23.7 Å². The van der Waals surface area contributed by atoms with E-state index in [-0.39, 0.29) is 12.1 Å². The third-order valence-electron chi connectivity index (χ3n) is 4.32. The van der Waals surface area contributed by atoms with Crippen molar-refractivity contribution in [2.75, 3.05) is 11.9 Å². The predicted molar refractivity (Wildman–Crippen MR) is 96.7 cm³/mol. The van der Waals surface area contributed by atoms with Gasteiger partial charge in [-0.15, -0.1) is 0 Å². The average molecular weight is 345 g/mol. The number of carbonyl (C=O) groups is 1. The first-order chi connectivity index (χ1) is 11.6. The highest BCUT2D eigenvalue weighted by Crippen LogP contribution is 2.28. The summed E-state index contributed by atoms with van der Waals surface area (Å²) in [5.41, 5.74) is 4.17. The Morgan fingerprint density at radius 1 is 1.21 bits per heavy atom. The van der Waals surface area contributed by atoms with Crippen LogP contribution < -0.4 is 10.6 Å². The predicted octanol–water partition coefficient (Wildman–Crippen LogP) is 3.55. The number of hydrogen-bond acceptors (Lipinski definition) is 2. The van der Waals surface area contributed by atoms with Gasteiger partial charge in [0.15, 0.2) is 0 Å². The minimum absolute atomic E-state index is 0.225. The van der Waals surface area contributed by atoms with Crippen LogP contribution in [0.1, 0.15) is 23.1 Å². The Hall–Kier alpha value is -2.04. The van der Waals surface area contributed by atoms with E-state index in [0.29, 0.717) is 18.0 Å². The Labute approximate surface area is 146 Å². The fraction of sp³-hybridized carbons (Fsp3) is 0.316. The van der Waals surface area contributed by atoms with Gasteiger partial charge in [0.05, 0.1) is 6.10 Å². The summed E-state index contributed by atoms with van der Waals surface area (Å²) in [6.45, 7) is 0.547. The van der Waals surface area contributed by atoms with Crippen molar-refractivity contribution in [3.05, 3.63) is 64.2 Å². The lowest BCUT2D eigenvalue weighted by Gasteiger charge is -2.23. The molecule has 24 heavy (non-hydrogen) atoms. The molecule has 0 spiro atoms. The maximum atomic E-state index is 12.1. The van der Waals surface area contributed by atoms with Crippen molar-refractivity contribution in [3.63, 3.8) is 0 Å². The van der Waals surface area contributed by atoms with Crippen molar-refractivity contribution in [2.24, 2.45) is 0 Å². The molecule has 3 rings (SSSR count). The SMILES string of the molecule is O=C(NCCc1ccc(Cl)cc1)Nc1cccc2c1C[C@H](O)CC2. The van der Waals surface area contributed by atoms with Gasteiger partial charge in [0.1, 0.15) is 0 Å². The summed E-state index contributed by atoms with van der Waals surface area (Å²) >= 11 is 5.86.